The Hall–Kier alpha value is -1.58. The van der Waals surface area contributed by atoms with Crippen LogP contribution in [0.2, 0.25) is 0 Å². The third-order valence-corrected chi connectivity index (χ3v) is 1.06. The van der Waals surface area contributed by atoms with Crippen molar-refractivity contribution in [1.82, 2.24) is 0 Å². The van der Waals surface area contributed by atoms with Crippen molar-refractivity contribution in [3.8, 4) is 0 Å². The van der Waals surface area contributed by atoms with Crippen LogP contribution in [0.25, 0.3) is 0 Å². The Morgan fingerprint density at radius 3 is 2.23 bits per heavy atom. The molecule has 2 N–H and O–H groups in total. The van der Waals surface area contributed by atoms with Crippen molar-refractivity contribution in [1.29, 1.82) is 0 Å². The summed E-state index contributed by atoms with van der Waals surface area (Å²) in [5.74, 6) is 0. The summed E-state index contributed by atoms with van der Waals surface area (Å²) in [7, 11) is 0. The summed E-state index contributed by atoms with van der Waals surface area (Å²) in [6, 6.07) is 0. The average molecular weight is 184 g/mol. The molecule has 0 aromatic rings. The Kier molecular flexibility index (Phi) is 9.15. The molecule has 0 heterocycles. The van der Waals surface area contributed by atoms with Gasteiger partial charge < -0.3 is 5.73 Å². The van der Waals surface area contributed by atoms with Crippen LogP contribution in [0.1, 0.15) is 20.8 Å². The van der Waals surface area contributed by atoms with E-state index in [9.17, 15) is 10.1 Å². The standard InChI is InChI=1S/C7H10N2O2.C2H6/c1-3-5-6(8)7(4-2)9(10)11;1-2/h3-5H,1,8H2,2H3;1-2H3/b6-5+,7-4+;. The third kappa shape index (κ3) is 5.66. The van der Waals surface area contributed by atoms with E-state index in [-0.39, 0.29) is 11.4 Å². The minimum atomic E-state index is -0.532. The first-order valence-electron chi connectivity index (χ1n) is 4.02. The Morgan fingerprint density at radius 2 is 2.00 bits per heavy atom. The molecule has 0 bridgehead atoms. The van der Waals surface area contributed by atoms with E-state index in [1.54, 1.807) is 6.92 Å². The molecular formula is C9H16N2O2. The molecule has 0 saturated carbocycles. The molecule has 0 unspecified atom stereocenters. The highest BCUT2D eigenvalue weighted by Crippen LogP contribution is 2.03. The van der Waals surface area contributed by atoms with Crippen molar-refractivity contribution < 1.29 is 4.92 Å². The van der Waals surface area contributed by atoms with Gasteiger partial charge in [-0.2, -0.15) is 0 Å². The van der Waals surface area contributed by atoms with E-state index in [0.717, 1.165) is 0 Å². The Balaban J connectivity index is 0. The van der Waals surface area contributed by atoms with E-state index in [4.69, 9.17) is 5.73 Å². The van der Waals surface area contributed by atoms with Gasteiger partial charge in [0.15, 0.2) is 0 Å². The fraction of sp³-hybridized carbons (Fsp3) is 0.333. The first-order chi connectivity index (χ1) is 6.13. The van der Waals surface area contributed by atoms with Crippen LogP contribution in [0, 0.1) is 10.1 Å². The molecule has 0 aromatic carbocycles. The number of hydrogen-bond acceptors (Lipinski definition) is 3. The van der Waals surface area contributed by atoms with Gasteiger partial charge in [0.2, 0.25) is 0 Å². The monoisotopic (exact) mass is 184 g/mol. The smallest absolute Gasteiger partial charge is 0.287 e. The molecule has 0 aliphatic carbocycles. The van der Waals surface area contributed by atoms with E-state index in [2.05, 4.69) is 6.58 Å². The number of hydrogen-bond donors (Lipinski definition) is 1. The van der Waals surface area contributed by atoms with Crippen LogP contribution < -0.4 is 5.73 Å². The fourth-order valence-electron chi connectivity index (χ4n) is 0.590. The second kappa shape index (κ2) is 8.52. The zero-order valence-corrected chi connectivity index (χ0v) is 8.28. The summed E-state index contributed by atoms with van der Waals surface area (Å²) in [5, 5.41) is 10.2. The minimum Gasteiger partial charge on any atom is -0.393 e. The molecule has 0 aromatic heterocycles. The molecular weight excluding hydrogens is 168 g/mol. The van der Waals surface area contributed by atoms with Crippen molar-refractivity contribution >= 4 is 0 Å². The summed E-state index contributed by atoms with van der Waals surface area (Å²) in [4.78, 5) is 9.70. The molecule has 4 nitrogen and oxygen atoms in total. The van der Waals surface area contributed by atoms with E-state index >= 15 is 0 Å². The topological polar surface area (TPSA) is 69.2 Å². The highest BCUT2D eigenvalue weighted by molar-refractivity contribution is 5.24. The van der Waals surface area contributed by atoms with Gasteiger partial charge in [0.25, 0.3) is 5.70 Å². The molecule has 0 amide bonds. The molecule has 0 radical (unpaired) electrons. The Morgan fingerprint density at radius 1 is 1.54 bits per heavy atom. The summed E-state index contributed by atoms with van der Waals surface area (Å²) in [6.07, 6.45) is 4.13. The summed E-state index contributed by atoms with van der Waals surface area (Å²) in [6.45, 7) is 8.93. The van der Waals surface area contributed by atoms with Crippen LogP contribution in [0.15, 0.2) is 36.2 Å². The van der Waals surface area contributed by atoms with Crippen LogP contribution in [-0.2, 0) is 0 Å². The lowest BCUT2D eigenvalue weighted by Crippen LogP contribution is -2.08. The van der Waals surface area contributed by atoms with Crippen LogP contribution >= 0.6 is 0 Å². The van der Waals surface area contributed by atoms with E-state index in [1.165, 1.54) is 18.2 Å². The number of nitrogens with zero attached hydrogens (tertiary/aromatic N) is 1. The number of nitrogens with two attached hydrogens (primary N) is 1. The lowest BCUT2D eigenvalue weighted by molar-refractivity contribution is -0.421. The molecule has 0 spiro atoms. The van der Waals surface area contributed by atoms with Gasteiger partial charge in [-0.15, -0.1) is 0 Å². The minimum absolute atomic E-state index is 0.0927. The Labute approximate surface area is 78.6 Å². The maximum atomic E-state index is 10.2. The lowest BCUT2D eigenvalue weighted by atomic mass is 10.3. The van der Waals surface area contributed by atoms with Gasteiger partial charge in [0, 0.05) is 0 Å². The van der Waals surface area contributed by atoms with Crippen LogP contribution in [0.5, 0.6) is 0 Å². The third-order valence-electron chi connectivity index (χ3n) is 1.06. The number of allylic oxidation sites excluding steroid dienone is 3. The molecule has 4 heteroatoms. The molecule has 0 atom stereocenters. The first-order valence-corrected chi connectivity index (χ1v) is 4.02. The second-order valence-corrected chi connectivity index (χ2v) is 1.79. The summed E-state index contributed by atoms with van der Waals surface area (Å²) in [5.41, 5.74) is 5.35. The first kappa shape index (κ1) is 14.0. The lowest BCUT2D eigenvalue weighted by Gasteiger charge is -1.94. The predicted molar refractivity (Wildman–Crippen MR) is 54.6 cm³/mol. The Bertz CT molecular complexity index is 230. The predicted octanol–water partition coefficient (Wildman–Crippen LogP) is 2.22. The zero-order chi connectivity index (χ0) is 10.9. The van der Waals surface area contributed by atoms with Crippen molar-refractivity contribution in [3.05, 3.63) is 46.3 Å². The maximum absolute atomic E-state index is 10.2. The van der Waals surface area contributed by atoms with E-state index < -0.39 is 4.92 Å². The van der Waals surface area contributed by atoms with Gasteiger partial charge >= 0.3 is 0 Å². The SMILES string of the molecule is C=C/C=C(N)\C(=C/C)[N+](=O)[O-].CC. The van der Waals surface area contributed by atoms with Crippen molar-refractivity contribution in [3.63, 3.8) is 0 Å². The van der Waals surface area contributed by atoms with Crippen LogP contribution in [0.4, 0.5) is 0 Å². The van der Waals surface area contributed by atoms with Gasteiger partial charge in [0.1, 0.15) is 5.70 Å². The van der Waals surface area contributed by atoms with Crippen LogP contribution in [0.3, 0.4) is 0 Å². The van der Waals surface area contributed by atoms with Crippen molar-refractivity contribution in [2.45, 2.75) is 20.8 Å². The van der Waals surface area contributed by atoms with E-state index in [0.29, 0.717) is 0 Å². The molecule has 0 saturated heterocycles. The molecule has 0 aliphatic rings. The fourth-order valence-corrected chi connectivity index (χ4v) is 0.590. The molecule has 0 rings (SSSR count). The zero-order valence-electron chi connectivity index (χ0n) is 8.28. The molecule has 74 valence electrons. The van der Waals surface area contributed by atoms with Gasteiger partial charge in [0.05, 0.1) is 4.92 Å². The summed E-state index contributed by atoms with van der Waals surface area (Å²) < 4.78 is 0. The van der Waals surface area contributed by atoms with Crippen molar-refractivity contribution in [2.24, 2.45) is 5.73 Å². The highest BCUT2D eigenvalue weighted by atomic mass is 16.6. The number of nitro groups is 1. The largest absolute Gasteiger partial charge is 0.393 e. The molecule has 0 aliphatic heterocycles. The second-order valence-electron chi connectivity index (χ2n) is 1.79. The van der Waals surface area contributed by atoms with Gasteiger partial charge in [-0.05, 0) is 19.1 Å². The quantitative estimate of drug-likeness (QED) is 0.415. The van der Waals surface area contributed by atoms with Gasteiger partial charge in [-0.1, -0.05) is 26.5 Å². The normalized spacial score (nSPS) is 11.3. The van der Waals surface area contributed by atoms with Crippen molar-refractivity contribution in [2.75, 3.05) is 0 Å². The molecule has 13 heavy (non-hydrogen) atoms. The van der Waals surface area contributed by atoms with E-state index in [1.807, 2.05) is 13.8 Å². The average Bonchev–Trinajstić information content (AvgIpc) is 2.09. The molecule has 0 fully saturated rings. The highest BCUT2D eigenvalue weighted by Gasteiger charge is 2.10. The van der Waals surface area contributed by atoms with Gasteiger partial charge in [-0.3, -0.25) is 10.1 Å². The van der Waals surface area contributed by atoms with Gasteiger partial charge in [-0.25, -0.2) is 0 Å². The number of rotatable bonds is 3. The van der Waals surface area contributed by atoms with Crippen LogP contribution in [-0.4, -0.2) is 4.92 Å². The summed E-state index contributed by atoms with van der Waals surface area (Å²) >= 11 is 0. The maximum Gasteiger partial charge on any atom is 0.287 e.